The number of rotatable bonds is 2. The van der Waals surface area contributed by atoms with Gasteiger partial charge in [0.05, 0.1) is 5.69 Å². The lowest BCUT2D eigenvalue weighted by Crippen LogP contribution is -2.21. The van der Waals surface area contributed by atoms with Gasteiger partial charge in [-0.3, -0.25) is 0 Å². The Morgan fingerprint density at radius 3 is 2.56 bits per heavy atom. The Kier molecular flexibility index (Phi) is 6.46. The van der Waals surface area contributed by atoms with E-state index < -0.39 is 0 Å². The van der Waals surface area contributed by atoms with Crippen LogP contribution in [0.3, 0.4) is 0 Å². The molecule has 0 aliphatic rings. The van der Waals surface area contributed by atoms with Gasteiger partial charge in [-0.05, 0) is 12.1 Å². The summed E-state index contributed by atoms with van der Waals surface area (Å²) in [5.74, 6) is 0.00785. The van der Waals surface area contributed by atoms with Crippen molar-refractivity contribution in [3.8, 4) is 11.3 Å². The van der Waals surface area contributed by atoms with E-state index in [1.54, 1.807) is 0 Å². The highest BCUT2D eigenvalue weighted by molar-refractivity contribution is 7.13. The van der Waals surface area contributed by atoms with Crippen LogP contribution in [-0.4, -0.2) is 10.9 Å². The summed E-state index contributed by atoms with van der Waals surface area (Å²) in [5, 5.41) is 2.42. The molecular formula is C10H13Cl2N5S. The number of aliphatic imine (C=N–C) groups is 1. The molecule has 8 heteroatoms. The van der Waals surface area contributed by atoms with E-state index in [9.17, 15) is 0 Å². The second-order valence-corrected chi connectivity index (χ2v) is 4.01. The van der Waals surface area contributed by atoms with Crippen molar-refractivity contribution < 1.29 is 0 Å². The predicted molar refractivity (Wildman–Crippen MR) is 81.9 cm³/mol. The standard InChI is InChI=1S/C10H11N5S.2ClH/c11-7-3-1-2-6(4-7)8-5-16-10(14-8)15-9(12)13;;/h1-5H,11H2,(H4,12,13,14,15);2*1H. The number of hydrogen-bond acceptors (Lipinski definition) is 4. The quantitative estimate of drug-likeness (QED) is 0.449. The number of guanidine groups is 1. The van der Waals surface area contributed by atoms with E-state index in [4.69, 9.17) is 17.2 Å². The van der Waals surface area contributed by atoms with E-state index in [0.29, 0.717) is 10.8 Å². The maximum absolute atomic E-state index is 5.69. The predicted octanol–water partition coefficient (Wildman–Crippen LogP) is 2.14. The van der Waals surface area contributed by atoms with Gasteiger partial charge in [0.25, 0.3) is 0 Å². The molecular weight excluding hydrogens is 293 g/mol. The number of thiazole rings is 1. The fourth-order valence-corrected chi connectivity index (χ4v) is 1.97. The summed E-state index contributed by atoms with van der Waals surface area (Å²) in [6, 6.07) is 7.50. The summed E-state index contributed by atoms with van der Waals surface area (Å²) in [4.78, 5) is 8.15. The molecule has 0 spiro atoms. The first kappa shape index (κ1) is 16.5. The highest BCUT2D eigenvalue weighted by Crippen LogP contribution is 2.27. The molecule has 2 aromatic rings. The molecule has 1 aromatic carbocycles. The van der Waals surface area contributed by atoms with Crippen LogP contribution in [0.1, 0.15) is 0 Å². The van der Waals surface area contributed by atoms with Gasteiger partial charge >= 0.3 is 0 Å². The van der Waals surface area contributed by atoms with Crippen molar-refractivity contribution in [3.05, 3.63) is 29.6 Å². The number of hydrogen-bond donors (Lipinski definition) is 3. The fraction of sp³-hybridized carbons (Fsp3) is 0. The summed E-state index contributed by atoms with van der Waals surface area (Å²) in [7, 11) is 0. The molecule has 0 radical (unpaired) electrons. The van der Waals surface area contributed by atoms with Crippen molar-refractivity contribution in [2.75, 3.05) is 5.73 Å². The number of aromatic nitrogens is 1. The van der Waals surface area contributed by atoms with E-state index in [2.05, 4.69) is 9.98 Å². The maximum atomic E-state index is 5.69. The van der Waals surface area contributed by atoms with Crippen LogP contribution in [0.2, 0.25) is 0 Å². The molecule has 1 heterocycles. The van der Waals surface area contributed by atoms with E-state index in [-0.39, 0.29) is 30.8 Å². The van der Waals surface area contributed by atoms with Gasteiger partial charge in [0.2, 0.25) is 5.13 Å². The Labute approximate surface area is 121 Å². The minimum absolute atomic E-state index is 0. The SMILES string of the molecule is Cl.Cl.NC(N)=Nc1nc(-c2cccc(N)c2)cs1. The molecule has 0 saturated carbocycles. The molecule has 0 aliphatic heterocycles. The van der Waals surface area contributed by atoms with Crippen molar-refractivity contribution in [1.29, 1.82) is 0 Å². The third-order valence-electron chi connectivity index (χ3n) is 1.90. The smallest absolute Gasteiger partial charge is 0.212 e. The van der Waals surface area contributed by atoms with Gasteiger partial charge in [0.15, 0.2) is 5.96 Å². The third kappa shape index (κ3) is 4.06. The van der Waals surface area contributed by atoms with Crippen molar-refractivity contribution in [2.45, 2.75) is 0 Å². The maximum Gasteiger partial charge on any atom is 0.212 e. The molecule has 98 valence electrons. The zero-order valence-corrected chi connectivity index (χ0v) is 11.7. The van der Waals surface area contributed by atoms with E-state index in [1.807, 2.05) is 29.6 Å². The Balaban J connectivity index is 0.00000144. The number of anilines is 1. The van der Waals surface area contributed by atoms with Crippen molar-refractivity contribution in [3.63, 3.8) is 0 Å². The molecule has 5 nitrogen and oxygen atoms in total. The van der Waals surface area contributed by atoms with Crippen molar-refractivity contribution in [2.24, 2.45) is 16.5 Å². The fourth-order valence-electron chi connectivity index (χ4n) is 1.26. The van der Waals surface area contributed by atoms with Crippen molar-refractivity contribution >= 4 is 52.9 Å². The van der Waals surface area contributed by atoms with Gasteiger partial charge in [0, 0.05) is 16.6 Å². The lowest BCUT2D eigenvalue weighted by atomic mass is 10.1. The average Bonchev–Trinajstić information content (AvgIpc) is 2.65. The number of nitrogens with two attached hydrogens (primary N) is 3. The Hall–Kier alpha value is -1.50. The molecule has 0 saturated heterocycles. The Morgan fingerprint density at radius 1 is 1.22 bits per heavy atom. The molecule has 2 rings (SSSR count). The van der Waals surface area contributed by atoms with Crippen LogP contribution in [0, 0.1) is 0 Å². The molecule has 6 N–H and O–H groups in total. The number of nitrogens with zero attached hydrogens (tertiary/aromatic N) is 2. The molecule has 0 unspecified atom stereocenters. The first-order valence-electron chi connectivity index (χ1n) is 4.56. The molecule has 0 atom stereocenters. The average molecular weight is 306 g/mol. The molecule has 1 aromatic heterocycles. The van der Waals surface area contributed by atoms with E-state index >= 15 is 0 Å². The van der Waals surface area contributed by atoms with Gasteiger partial charge in [-0.25, -0.2) is 4.98 Å². The van der Waals surface area contributed by atoms with Crippen LogP contribution in [0.15, 0.2) is 34.6 Å². The monoisotopic (exact) mass is 305 g/mol. The highest BCUT2D eigenvalue weighted by atomic mass is 35.5. The number of nitrogen functional groups attached to an aromatic ring is 1. The lowest BCUT2D eigenvalue weighted by molar-refractivity contribution is 1.33. The lowest BCUT2D eigenvalue weighted by Gasteiger charge is -1.97. The summed E-state index contributed by atoms with van der Waals surface area (Å²) in [6.45, 7) is 0. The summed E-state index contributed by atoms with van der Waals surface area (Å²) in [5.41, 5.74) is 18.7. The largest absolute Gasteiger partial charge is 0.399 e. The molecule has 0 aliphatic carbocycles. The summed E-state index contributed by atoms with van der Waals surface area (Å²) in [6.07, 6.45) is 0. The number of halogens is 2. The zero-order valence-electron chi connectivity index (χ0n) is 9.24. The Morgan fingerprint density at radius 2 is 1.94 bits per heavy atom. The van der Waals surface area contributed by atoms with Crippen LogP contribution in [0.4, 0.5) is 10.8 Å². The second kappa shape index (κ2) is 7.05. The zero-order chi connectivity index (χ0) is 11.5. The molecule has 18 heavy (non-hydrogen) atoms. The summed E-state index contributed by atoms with van der Waals surface area (Å²) >= 11 is 1.38. The van der Waals surface area contributed by atoms with Gasteiger partial charge < -0.3 is 17.2 Å². The van der Waals surface area contributed by atoms with Gasteiger partial charge in [-0.2, -0.15) is 4.99 Å². The van der Waals surface area contributed by atoms with Gasteiger partial charge in [-0.15, -0.1) is 36.2 Å². The minimum atomic E-state index is 0. The van der Waals surface area contributed by atoms with Crippen molar-refractivity contribution in [1.82, 2.24) is 4.98 Å². The van der Waals surface area contributed by atoms with Crippen LogP contribution in [0.25, 0.3) is 11.3 Å². The topological polar surface area (TPSA) is 103 Å². The number of benzene rings is 1. The normalized spacial score (nSPS) is 8.89. The van der Waals surface area contributed by atoms with E-state index in [1.165, 1.54) is 11.3 Å². The Bertz CT molecular complexity index is 537. The molecule has 0 bridgehead atoms. The van der Waals surface area contributed by atoms with E-state index in [0.717, 1.165) is 11.3 Å². The third-order valence-corrected chi connectivity index (χ3v) is 2.63. The van der Waals surface area contributed by atoms with Gasteiger partial charge in [0.1, 0.15) is 0 Å². The first-order valence-corrected chi connectivity index (χ1v) is 5.44. The summed E-state index contributed by atoms with van der Waals surface area (Å²) < 4.78 is 0. The van der Waals surface area contributed by atoms with Crippen LogP contribution in [-0.2, 0) is 0 Å². The van der Waals surface area contributed by atoms with Crippen LogP contribution >= 0.6 is 36.2 Å². The second-order valence-electron chi connectivity index (χ2n) is 3.18. The van der Waals surface area contributed by atoms with Crippen LogP contribution < -0.4 is 17.2 Å². The first-order chi connectivity index (χ1) is 7.65. The molecule has 0 amide bonds. The van der Waals surface area contributed by atoms with Gasteiger partial charge in [-0.1, -0.05) is 12.1 Å². The van der Waals surface area contributed by atoms with Crippen LogP contribution in [0.5, 0.6) is 0 Å². The highest BCUT2D eigenvalue weighted by Gasteiger charge is 2.03. The minimum Gasteiger partial charge on any atom is -0.399 e. The molecule has 0 fully saturated rings.